The molecule has 1 heterocycles. The summed E-state index contributed by atoms with van der Waals surface area (Å²) in [6, 6.07) is 8.25. The van der Waals surface area contributed by atoms with Crippen LogP contribution in [-0.2, 0) is 6.54 Å². The summed E-state index contributed by atoms with van der Waals surface area (Å²) in [6.07, 6.45) is 1.37. The fourth-order valence-electron chi connectivity index (χ4n) is 1.40. The van der Waals surface area contributed by atoms with Crippen LogP contribution in [0.3, 0.4) is 0 Å². The zero-order valence-corrected chi connectivity index (χ0v) is 8.88. The van der Waals surface area contributed by atoms with Crippen molar-refractivity contribution in [3.05, 3.63) is 47.9 Å². The smallest absolute Gasteiger partial charge is 0.371 e. The number of carboxylic acids is 1. The van der Waals surface area contributed by atoms with Gasteiger partial charge < -0.3 is 19.9 Å². The van der Waals surface area contributed by atoms with Crippen molar-refractivity contribution < 1.29 is 19.4 Å². The zero-order chi connectivity index (χ0) is 12.3. The van der Waals surface area contributed by atoms with Crippen molar-refractivity contribution in [2.45, 2.75) is 6.54 Å². The lowest BCUT2D eigenvalue weighted by Gasteiger charge is -2.05. The third-order valence-electron chi connectivity index (χ3n) is 2.25. The van der Waals surface area contributed by atoms with E-state index < -0.39 is 5.97 Å². The molecule has 0 amide bonds. The van der Waals surface area contributed by atoms with E-state index >= 15 is 0 Å². The number of nitrogens with one attached hydrogen (secondary N) is 1. The third kappa shape index (κ3) is 2.57. The van der Waals surface area contributed by atoms with Gasteiger partial charge in [-0.05, 0) is 18.2 Å². The molecule has 3 N–H and O–H groups in total. The van der Waals surface area contributed by atoms with E-state index in [1.54, 1.807) is 24.3 Å². The average Bonchev–Trinajstić information content (AvgIpc) is 2.77. The molecule has 0 fully saturated rings. The molecule has 0 unspecified atom stereocenters. The number of aromatic carboxylic acids is 1. The molecule has 0 aliphatic heterocycles. The van der Waals surface area contributed by atoms with Gasteiger partial charge in [-0.3, -0.25) is 0 Å². The number of para-hydroxylation sites is 2. The van der Waals surface area contributed by atoms with Crippen LogP contribution in [0.4, 0.5) is 5.69 Å². The van der Waals surface area contributed by atoms with Crippen LogP contribution in [0.2, 0.25) is 0 Å². The van der Waals surface area contributed by atoms with Gasteiger partial charge in [-0.1, -0.05) is 12.1 Å². The SMILES string of the molecule is O=C(O)c1cc(CNc2ccccc2O)co1. The molecular formula is C12H11NO4. The molecule has 0 atom stereocenters. The molecule has 2 rings (SSSR count). The second kappa shape index (κ2) is 4.61. The summed E-state index contributed by atoms with van der Waals surface area (Å²) >= 11 is 0. The predicted octanol–water partition coefficient (Wildman–Crippen LogP) is 2.30. The van der Waals surface area contributed by atoms with E-state index in [1.165, 1.54) is 12.3 Å². The quantitative estimate of drug-likeness (QED) is 0.706. The summed E-state index contributed by atoms with van der Waals surface area (Å²) in [6.45, 7) is 0.383. The number of rotatable bonds is 4. The van der Waals surface area contributed by atoms with E-state index in [-0.39, 0.29) is 11.5 Å². The highest BCUT2D eigenvalue weighted by molar-refractivity contribution is 5.84. The molecule has 0 spiro atoms. The number of benzene rings is 1. The van der Waals surface area contributed by atoms with Crippen LogP contribution in [-0.4, -0.2) is 16.2 Å². The Morgan fingerprint density at radius 2 is 2.12 bits per heavy atom. The fraction of sp³-hybridized carbons (Fsp3) is 0.0833. The molecule has 1 aromatic carbocycles. The van der Waals surface area contributed by atoms with Gasteiger partial charge in [0, 0.05) is 12.1 Å². The van der Waals surface area contributed by atoms with Gasteiger partial charge in [0.25, 0.3) is 0 Å². The number of anilines is 1. The zero-order valence-electron chi connectivity index (χ0n) is 8.88. The Morgan fingerprint density at radius 1 is 1.35 bits per heavy atom. The number of carboxylic acid groups (broad SMARTS) is 1. The molecule has 5 nitrogen and oxygen atoms in total. The minimum Gasteiger partial charge on any atom is -0.506 e. The third-order valence-corrected chi connectivity index (χ3v) is 2.25. The van der Waals surface area contributed by atoms with Crippen molar-refractivity contribution in [2.24, 2.45) is 0 Å². The van der Waals surface area contributed by atoms with E-state index in [0.717, 1.165) is 0 Å². The van der Waals surface area contributed by atoms with E-state index in [2.05, 4.69) is 5.32 Å². The molecule has 0 bridgehead atoms. The van der Waals surface area contributed by atoms with Gasteiger partial charge in [0.2, 0.25) is 5.76 Å². The average molecular weight is 233 g/mol. The molecule has 88 valence electrons. The van der Waals surface area contributed by atoms with Crippen molar-refractivity contribution in [1.82, 2.24) is 0 Å². The van der Waals surface area contributed by atoms with Crippen molar-refractivity contribution in [3.63, 3.8) is 0 Å². The maximum atomic E-state index is 10.6. The first-order valence-electron chi connectivity index (χ1n) is 4.99. The van der Waals surface area contributed by atoms with Crippen LogP contribution in [0.5, 0.6) is 5.75 Å². The molecule has 1 aromatic heterocycles. The van der Waals surface area contributed by atoms with Crippen LogP contribution in [0.25, 0.3) is 0 Å². The van der Waals surface area contributed by atoms with Gasteiger partial charge in [0.05, 0.1) is 12.0 Å². The van der Waals surface area contributed by atoms with Crippen LogP contribution < -0.4 is 5.32 Å². The summed E-state index contributed by atoms with van der Waals surface area (Å²) in [4.78, 5) is 10.6. The van der Waals surface area contributed by atoms with Crippen molar-refractivity contribution in [2.75, 3.05) is 5.32 Å². The van der Waals surface area contributed by atoms with E-state index in [0.29, 0.717) is 17.8 Å². The largest absolute Gasteiger partial charge is 0.506 e. The number of aromatic hydroxyl groups is 1. The van der Waals surface area contributed by atoms with Crippen LogP contribution in [0.1, 0.15) is 16.1 Å². The molecule has 5 heteroatoms. The van der Waals surface area contributed by atoms with Gasteiger partial charge in [0.15, 0.2) is 0 Å². The minimum absolute atomic E-state index is 0.0981. The van der Waals surface area contributed by atoms with Gasteiger partial charge in [0.1, 0.15) is 5.75 Å². The highest BCUT2D eigenvalue weighted by Crippen LogP contribution is 2.22. The minimum atomic E-state index is -1.10. The molecule has 17 heavy (non-hydrogen) atoms. The number of furan rings is 1. The van der Waals surface area contributed by atoms with Crippen molar-refractivity contribution in [3.8, 4) is 5.75 Å². The monoisotopic (exact) mass is 233 g/mol. The normalized spacial score (nSPS) is 10.1. The van der Waals surface area contributed by atoms with E-state index in [1.807, 2.05) is 0 Å². The fourth-order valence-corrected chi connectivity index (χ4v) is 1.40. The summed E-state index contributed by atoms with van der Waals surface area (Å²) in [5.41, 5.74) is 1.29. The molecule has 0 saturated heterocycles. The molecule has 0 saturated carbocycles. The first-order valence-corrected chi connectivity index (χ1v) is 4.99. The summed E-state index contributed by atoms with van der Waals surface area (Å²) < 4.78 is 4.84. The topological polar surface area (TPSA) is 82.7 Å². The number of hydrogen-bond donors (Lipinski definition) is 3. The number of phenols is 1. The first kappa shape index (κ1) is 11.1. The molecule has 2 aromatic rings. The highest BCUT2D eigenvalue weighted by atomic mass is 16.4. The molecular weight excluding hydrogens is 222 g/mol. The van der Waals surface area contributed by atoms with Crippen LogP contribution in [0.15, 0.2) is 41.0 Å². The Balaban J connectivity index is 2.02. The Bertz CT molecular complexity index is 533. The summed E-state index contributed by atoms with van der Waals surface area (Å²) in [7, 11) is 0. The van der Waals surface area contributed by atoms with Crippen LogP contribution in [0, 0.1) is 0 Å². The van der Waals surface area contributed by atoms with Gasteiger partial charge in [-0.2, -0.15) is 0 Å². The lowest BCUT2D eigenvalue weighted by atomic mass is 10.2. The summed E-state index contributed by atoms with van der Waals surface area (Å²) in [5, 5.41) is 21.2. The molecule has 0 aliphatic carbocycles. The van der Waals surface area contributed by atoms with Crippen LogP contribution >= 0.6 is 0 Å². The summed E-state index contributed by atoms with van der Waals surface area (Å²) in [5.74, 6) is -1.05. The van der Waals surface area contributed by atoms with E-state index in [9.17, 15) is 9.90 Å². The maximum absolute atomic E-state index is 10.6. The van der Waals surface area contributed by atoms with Gasteiger partial charge >= 0.3 is 5.97 Å². The molecule has 0 radical (unpaired) electrons. The van der Waals surface area contributed by atoms with Gasteiger partial charge in [-0.25, -0.2) is 4.79 Å². The Labute approximate surface area is 97.3 Å². The maximum Gasteiger partial charge on any atom is 0.371 e. The Kier molecular flexibility index (Phi) is 3.00. The first-order chi connectivity index (χ1) is 8.16. The van der Waals surface area contributed by atoms with Crippen molar-refractivity contribution >= 4 is 11.7 Å². The molecule has 0 aliphatic rings. The standard InChI is InChI=1S/C12H11NO4/c14-10-4-2-1-3-9(10)13-6-8-5-11(12(15)16)17-7-8/h1-5,7,13-14H,6H2,(H,15,16). The van der Waals surface area contributed by atoms with E-state index in [4.69, 9.17) is 9.52 Å². The Hall–Kier alpha value is -2.43. The lowest BCUT2D eigenvalue weighted by molar-refractivity contribution is 0.0662. The van der Waals surface area contributed by atoms with Gasteiger partial charge in [-0.15, -0.1) is 0 Å². The Morgan fingerprint density at radius 3 is 2.76 bits per heavy atom. The number of hydrogen-bond acceptors (Lipinski definition) is 4. The highest BCUT2D eigenvalue weighted by Gasteiger charge is 2.08. The second-order valence-electron chi connectivity index (χ2n) is 3.50. The number of carbonyl (C=O) groups is 1. The predicted molar refractivity (Wildman–Crippen MR) is 61.1 cm³/mol. The second-order valence-corrected chi connectivity index (χ2v) is 3.50. The lowest BCUT2D eigenvalue weighted by Crippen LogP contribution is -1.98. The number of phenolic OH excluding ortho intramolecular Hbond substituents is 1. The van der Waals surface area contributed by atoms with Crippen molar-refractivity contribution in [1.29, 1.82) is 0 Å².